The second kappa shape index (κ2) is 12.1. The van der Waals surface area contributed by atoms with Crippen LogP contribution in [0.2, 0.25) is 0 Å². The molecule has 0 unspecified atom stereocenters. The van der Waals surface area contributed by atoms with Crippen LogP contribution in [0.1, 0.15) is 27.6 Å². The fourth-order valence-corrected chi connectivity index (χ4v) is 2.61. The largest absolute Gasteiger partial charge is 0.480 e. The Morgan fingerprint density at radius 2 is 1.91 bits per heavy atom. The van der Waals surface area contributed by atoms with Gasteiger partial charge in [0, 0.05) is 18.0 Å². The zero-order chi connectivity index (χ0) is 23.5. The Morgan fingerprint density at radius 3 is 2.53 bits per heavy atom. The number of carboxylic acids is 1. The number of thioether (sulfide) groups is 1. The Hall–Kier alpha value is -3.93. The summed E-state index contributed by atoms with van der Waals surface area (Å²) in [6, 6.07) is 8.12. The molecule has 0 aliphatic rings. The van der Waals surface area contributed by atoms with Crippen molar-refractivity contribution in [3.63, 3.8) is 0 Å². The Morgan fingerprint density at radius 1 is 1.19 bits per heavy atom. The number of nitrogens with zero attached hydrogens (tertiary/aromatic N) is 2. The molecule has 11 nitrogen and oxygen atoms in total. The van der Waals surface area contributed by atoms with Crippen LogP contribution in [-0.4, -0.2) is 58.2 Å². The van der Waals surface area contributed by atoms with Crippen molar-refractivity contribution in [1.82, 2.24) is 20.6 Å². The number of carbonyl (C=O) groups excluding carboxylic acids is 3. The number of esters is 1. The Bertz CT molecular complexity index is 1030. The standard InChI is InChI=1S/C20H21N5O6S/c1-3-31-19(30)13-9-23-20(32-2)25-16(13)21-10-14(18(29)22-11-15(26)27)24-17(28)12-7-5-4-6-8-12/h4-10H,3,11H2,1-2H3,(H,22,29)(H,24,28)(H,26,27)(H,21,23,25)/b14-10-. The maximum absolute atomic E-state index is 12.5. The molecule has 2 amide bonds. The summed E-state index contributed by atoms with van der Waals surface area (Å²) in [5, 5.41) is 16.4. The minimum absolute atomic E-state index is 0.0144. The second-order valence-electron chi connectivity index (χ2n) is 5.94. The number of ether oxygens (including phenoxy) is 1. The molecule has 32 heavy (non-hydrogen) atoms. The Kier molecular flexibility index (Phi) is 9.17. The highest BCUT2D eigenvalue weighted by atomic mass is 32.2. The van der Waals surface area contributed by atoms with Crippen LogP contribution < -0.4 is 16.0 Å². The third-order valence-corrected chi connectivity index (χ3v) is 4.29. The summed E-state index contributed by atoms with van der Waals surface area (Å²) in [7, 11) is 0. The monoisotopic (exact) mass is 459 g/mol. The maximum atomic E-state index is 12.5. The van der Waals surface area contributed by atoms with E-state index >= 15 is 0 Å². The lowest BCUT2D eigenvalue weighted by Gasteiger charge is -2.12. The number of nitrogens with one attached hydrogen (secondary N) is 3. The Balaban J connectivity index is 2.35. The predicted molar refractivity (Wildman–Crippen MR) is 116 cm³/mol. The van der Waals surface area contributed by atoms with Gasteiger partial charge in [-0.15, -0.1) is 0 Å². The minimum atomic E-state index is -1.26. The fraction of sp³-hybridized carbons (Fsp3) is 0.200. The van der Waals surface area contributed by atoms with E-state index in [9.17, 15) is 19.2 Å². The minimum Gasteiger partial charge on any atom is -0.480 e. The average molecular weight is 459 g/mol. The quantitative estimate of drug-likeness (QED) is 0.176. The SMILES string of the molecule is CCOC(=O)c1cnc(SC)nc1N/C=C(\NC(=O)c1ccccc1)C(=O)NCC(=O)O. The number of rotatable bonds is 10. The molecule has 0 saturated heterocycles. The number of hydrogen-bond acceptors (Lipinski definition) is 9. The van der Waals surface area contributed by atoms with Gasteiger partial charge < -0.3 is 25.8 Å². The molecule has 0 atom stereocenters. The predicted octanol–water partition coefficient (Wildman–Crippen LogP) is 1.26. The van der Waals surface area contributed by atoms with Gasteiger partial charge in [0.25, 0.3) is 11.8 Å². The summed E-state index contributed by atoms with van der Waals surface area (Å²) in [6.07, 6.45) is 4.12. The van der Waals surface area contributed by atoms with Gasteiger partial charge in [-0.05, 0) is 25.3 Å². The molecule has 168 valence electrons. The van der Waals surface area contributed by atoms with Crippen LogP contribution in [0.4, 0.5) is 5.82 Å². The van der Waals surface area contributed by atoms with Crippen LogP contribution in [-0.2, 0) is 14.3 Å². The van der Waals surface area contributed by atoms with Gasteiger partial charge in [-0.1, -0.05) is 30.0 Å². The van der Waals surface area contributed by atoms with Gasteiger partial charge in [-0.25, -0.2) is 14.8 Å². The lowest BCUT2D eigenvalue weighted by atomic mass is 10.2. The first-order valence-corrected chi connectivity index (χ1v) is 10.5. The first kappa shape index (κ1) is 24.3. The van der Waals surface area contributed by atoms with E-state index in [0.29, 0.717) is 5.16 Å². The van der Waals surface area contributed by atoms with E-state index in [2.05, 4.69) is 25.9 Å². The van der Waals surface area contributed by atoms with Crippen LogP contribution in [0.3, 0.4) is 0 Å². The number of anilines is 1. The molecule has 0 aliphatic carbocycles. The molecule has 0 radical (unpaired) electrons. The third-order valence-electron chi connectivity index (χ3n) is 3.73. The van der Waals surface area contributed by atoms with E-state index in [4.69, 9.17) is 9.84 Å². The molecule has 1 heterocycles. The van der Waals surface area contributed by atoms with Crippen LogP contribution in [0.15, 0.2) is 53.6 Å². The molecule has 2 aromatic rings. The van der Waals surface area contributed by atoms with Crippen molar-refractivity contribution in [2.45, 2.75) is 12.1 Å². The zero-order valence-electron chi connectivity index (χ0n) is 17.2. The summed E-state index contributed by atoms with van der Waals surface area (Å²) >= 11 is 1.23. The first-order valence-electron chi connectivity index (χ1n) is 9.27. The van der Waals surface area contributed by atoms with Crippen LogP contribution in [0.5, 0.6) is 0 Å². The van der Waals surface area contributed by atoms with E-state index in [0.717, 1.165) is 6.20 Å². The van der Waals surface area contributed by atoms with Gasteiger partial charge in [0.2, 0.25) is 0 Å². The highest BCUT2D eigenvalue weighted by Gasteiger charge is 2.18. The van der Waals surface area contributed by atoms with Gasteiger partial charge in [0.05, 0.1) is 6.61 Å². The molecular formula is C20H21N5O6S. The molecule has 4 N–H and O–H groups in total. The van der Waals surface area contributed by atoms with Crippen LogP contribution in [0.25, 0.3) is 0 Å². The molecule has 0 bridgehead atoms. The van der Waals surface area contributed by atoms with Crippen molar-refractivity contribution >= 4 is 41.3 Å². The highest BCUT2D eigenvalue weighted by molar-refractivity contribution is 7.98. The topological polar surface area (TPSA) is 160 Å². The van der Waals surface area contributed by atoms with E-state index < -0.39 is 30.3 Å². The Labute approximate surface area is 187 Å². The summed E-state index contributed by atoms with van der Waals surface area (Å²) in [5.74, 6) is -3.35. The average Bonchev–Trinajstić information content (AvgIpc) is 2.80. The molecule has 0 spiro atoms. The number of amides is 2. The third kappa shape index (κ3) is 7.09. The summed E-state index contributed by atoms with van der Waals surface area (Å²) in [4.78, 5) is 56.2. The lowest BCUT2D eigenvalue weighted by molar-refractivity contribution is -0.137. The molecule has 1 aromatic carbocycles. The van der Waals surface area contributed by atoms with Gasteiger partial charge in [0.1, 0.15) is 23.6 Å². The maximum Gasteiger partial charge on any atom is 0.343 e. The summed E-state index contributed by atoms with van der Waals surface area (Å²) in [5.41, 5.74) is 0.00292. The molecule has 0 saturated carbocycles. The number of carboxylic acid groups (broad SMARTS) is 1. The molecule has 0 fully saturated rings. The zero-order valence-corrected chi connectivity index (χ0v) is 18.1. The van der Waals surface area contributed by atoms with Gasteiger partial charge in [-0.2, -0.15) is 0 Å². The van der Waals surface area contributed by atoms with Crippen molar-refractivity contribution < 1.29 is 29.0 Å². The normalized spacial score (nSPS) is 10.8. The van der Waals surface area contributed by atoms with Crippen molar-refractivity contribution in [1.29, 1.82) is 0 Å². The number of carbonyl (C=O) groups is 4. The van der Waals surface area contributed by atoms with Crippen molar-refractivity contribution in [2.24, 2.45) is 0 Å². The van der Waals surface area contributed by atoms with Crippen molar-refractivity contribution in [3.8, 4) is 0 Å². The second-order valence-corrected chi connectivity index (χ2v) is 6.71. The van der Waals surface area contributed by atoms with Gasteiger partial charge >= 0.3 is 11.9 Å². The van der Waals surface area contributed by atoms with Crippen molar-refractivity contribution in [3.05, 3.63) is 59.6 Å². The molecular weight excluding hydrogens is 438 g/mol. The molecule has 12 heteroatoms. The van der Waals surface area contributed by atoms with Crippen molar-refractivity contribution in [2.75, 3.05) is 24.7 Å². The molecule has 0 aliphatic heterocycles. The van der Waals surface area contributed by atoms with E-state index in [1.807, 2.05) is 0 Å². The fourth-order valence-electron chi connectivity index (χ4n) is 2.27. The van der Waals surface area contributed by atoms with Gasteiger partial charge in [-0.3, -0.25) is 14.4 Å². The van der Waals surface area contributed by atoms with E-state index in [-0.39, 0.29) is 29.2 Å². The van der Waals surface area contributed by atoms with E-state index in [1.54, 1.807) is 43.5 Å². The smallest absolute Gasteiger partial charge is 0.343 e. The summed E-state index contributed by atoms with van der Waals surface area (Å²) in [6.45, 7) is 1.12. The van der Waals surface area contributed by atoms with E-state index in [1.165, 1.54) is 18.0 Å². The number of benzene rings is 1. The number of aliphatic carboxylic acids is 1. The number of aromatic nitrogens is 2. The molecule has 2 rings (SSSR count). The number of hydrogen-bond donors (Lipinski definition) is 4. The highest BCUT2D eigenvalue weighted by Crippen LogP contribution is 2.18. The van der Waals surface area contributed by atoms with Crippen LogP contribution >= 0.6 is 11.8 Å². The summed E-state index contributed by atoms with van der Waals surface area (Å²) < 4.78 is 4.98. The lowest BCUT2D eigenvalue weighted by Crippen LogP contribution is -2.37. The van der Waals surface area contributed by atoms with Crippen LogP contribution in [0, 0.1) is 0 Å². The molecule has 1 aromatic heterocycles. The first-order chi connectivity index (χ1) is 15.3. The van der Waals surface area contributed by atoms with Gasteiger partial charge in [0.15, 0.2) is 5.16 Å².